The van der Waals surface area contributed by atoms with Crippen molar-refractivity contribution < 1.29 is 19.1 Å². The van der Waals surface area contributed by atoms with Gasteiger partial charge in [0, 0.05) is 12.1 Å². The second kappa shape index (κ2) is 14.4. The smallest absolute Gasteiger partial charge is 0.408 e. The molecular formula is C30H51N3O4. The van der Waals surface area contributed by atoms with Crippen molar-refractivity contribution in [2.75, 3.05) is 6.54 Å². The zero-order valence-electron chi connectivity index (χ0n) is 24.9. The van der Waals surface area contributed by atoms with Crippen molar-refractivity contribution in [3.63, 3.8) is 0 Å². The van der Waals surface area contributed by atoms with Gasteiger partial charge in [-0.15, -0.1) is 0 Å². The third-order valence-electron chi connectivity index (χ3n) is 5.93. The summed E-state index contributed by atoms with van der Waals surface area (Å²) in [6.45, 7) is 19.4. The Morgan fingerprint density at radius 2 is 1.54 bits per heavy atom. The van der Waals surface area contributed by atoms with Crippen LogP contribution in [-0.4, -0.2) is 46.5 Å². The average molecular weight is 518 g/mol. The lowest BCUT2D eigenvalue weighted by atomic mass is 9.95. The van der Waals surface area contributed by atoms with E-state index in [1.165, 1.54) is 0 Å². The zero-order chi connectivity index (χ0) is 28.4. The number of benzene rings is 1. The fraction of sp³-hybridized carbons (Fsp3) is 0.700. The number of unbranched alkanes of at least 4 members (excludes halogenated alkanes) is 4. The predicted octanol–water partition coefficient (Wildman–Crippen LogP) is 6.30. The maximum Gasteiger partial charge on any atom is 0.408 e. The van der Waals surface area contributed by atoms with Crippen LogP contribution in [0.3, 0.4) is 0 Å². The molecule has 0 heterocycles. The van der Waals surface area contributed by atoms with Crippen LogP contribution >= 0.6 is 0 Å². The van der Waals surface area contributed by atoms with Gasteiger partial charge in [0.15, 0.2) is 0 Å². The summed E-state index contributed by atoms with van der Waals surface area (Å²) in [5.41, 5.74) is 0.553. The van der Waals surface area contributed by atoms with E-state index in [9.17, 15) is 14.4 Å². The molecule has 0 aromatic heterocycles. The Morgan fingerprint density at radius 1 is 0.946 bits per heavy atom. The molecule has 0 bridgehead atoms. The van der Waals surface area contributed by atoms with Crippen LogP contribution in [0.15, 0.2) is 24.3 Å². The molecule has 7 nitrogen and oxygen atoms in total. The number of aryl methyl sites for hydroxylation is 1. The third kappa shape index (κ3) is 11.6. The first-order valence-corrected chi connectivity index (χ1v) is 13.7. The molecule has 0 fully saturated rings. The molecule has 2 N–H and O–H groups in total. The maximum absolute atomic E-state index is 14.2. The van der Waals surface area contributed by atoms with Gasteiger partial charge in [-0.3, -0.25) is 9.59 Å². The van der Waals surface area contributed by atoms with Crippen LogP contribution in [0.1, 0.15) is 112 Å². The SMILES string of the molecule is CCCCCCCN(C(=O)C(NC(=O)OC(C)(C)C)C(C)C)C(C(=O)NC(C)(C)C)c1ccccc1C. The number of amides is 3. The van der Waals surface area contributed by atoms with Gasteiger partial charge < -0.3 is 20.3 Å². The van der Waals surface area contributed by atoms with Gasteiger partial charge in [-0.1, -0.05) is 70.7 Å². The van der Waals surface area contributed by atoms with E-state index in [-0.39, 0.29) is 17.7 Å². The number of alkyl carbamates (subject to hydrolysis) is 1. The Balaban J connectivity index is 3.49. The third-order valence-corrected chi connectivity index (χ3v) is 5.93. The molecule has 37 heavy (non-hydrogen) atoms. The number of hydrogen-bond donors (Lipinski definition) is 2. The highest BCUT2D eigenvalue weighted by Crippen LogP contribution is 2.28. The first-order valence-electron chi connectivity index (χ1n) is 13.7. The highest BCUT2D eigenvalue weighted by atomic mass is 16.6. The second-order valence-corrected chi connectivity index (χ2v) is 12.3. The van der Waals surface area contributed by atoms with Gasteiger partial charge in [-0.2, -0.15) is 0 Å². The van der Waals surface area contributed by atoms with Crippen LogP contribution in [-0.2, 0) is 14.3 Å². The molecule has 0 saturated heterocycles. The zero-order valence-corrected chi connectivity index (χ0v) is 24.9. The molecule has 0 saturated carbocycles. The minimum atomic E-state index is -0.834. The molecule has 1 rings (SSSR count). The molecule has 0 spiro atoms. The summed E-state index contributed by atoms with van der Waals surface area (Å²) in [6.07, 6.45) is 4.42. The minimum Gasteiger partial charge on any atom is -0.444 e. The van der Waals surface area contributed by atoms with Gasteiger partial charge in [-0.05, 0) is 71.9 Å². The Morgan fingerprint density at radius 3 is 2.05 bits per heavy atom. The predicted molar refractivity (Wildman–Crippen MR) is 150 cm³/mol. The van der Waals surface area contributed by atoms with E-state index in [0.717, 1.165) is 43.2 Å². The lowest BCUT2D eigenvalue weighted by Crippen LogP contribution is -2.56. The van der Waals surface area contributed by atoms with Gasteiger partial charge in [0.1, 0.15) is 17.7 Å². The number of carbonyl (C=O) groups is 3. The standard InChI is InChI=1S/C30H51N3O4/c1-11-12-13-14-17-20-33(27(35)24(21(2)3)31-28(36)37-30(8,9)10)25(26(34)32-29(5,6)7)23-19-16-15-18-22(23)4/h15-16,18-19,21,24-25H,11-14,17,20H2,1-10H3,(H,31,36)(H,32,34). The number of nitrogens with one attached hydrogen (secondary N) is 2. The monoisotopic (exact) mass is 517 g/mol. The van der Waals surface area contributed by atoms with Gasteiger partial charge in [0.05, 0.1) is 0 Å². The summed E-state index contributed by atoms with van der Waals surface area (Å²) >= 11 is 0. The van der Waals surface area contributed by atoms with Crippen molar-refractivity contribution in [2.45, 2.75) is 125 Å². The van der Waals surface area contributed by atoms with Crippen molar-refractivity contribution >= 4 is 17.9 Å². The van der Waals surface area contributed by atoms with Crippen LogP contribution in [0.2, 0.25) is 0 Å². The molecule has 0 radical (unpaired) electrons. The Hall–Kier alpha value is -2.57. The molecule has 2 atom stereocenters. The lowest BCUT2D eigenvalue weighted by Gasteiger charge is -2.37. The normalized spacial score (nSPS) is 13.6. The quantitative estimate of drug-likeness (QED) is 0.319. The largest absolute Gasteiger partial charge is 0.444 e. The van der Waals surface area contributed by atoms with E-state index in [2.05, 4.69) is 17.6 Å². The summed E-state index contributed by atoms with van der Waals surface area (Å²) in [7, 11) is 0. The Labute approximate surface area is 225 Å². The van der Waals surface area contributed by atoms with E-state index >= 15 is 0 Å². The van der Waals surface area contributed by atoms with Crippen molar-refractivity contribution in [3.8, 4) is 0 Å². The van der Waals surface area contributed by atoms with E-state index in [4.69, 9.17) is 4.74 Å². The van der Waals surface area contributed by atoms with Crippen LogP contribution in [0.25, 0.3) is 0 Å². The number of carbonyl (C=O) groups excluding carboxylic acids is 3. The van der Waals surface area contributed by atoms with Gasteiger partial charge in [0.2, 0.25) is 11.8 Å². The molecule has 7 heteroatoms. The van der Waals surface area contributed by atoms with Crippen molar-refractivity contribution in [2.24, 2.45) is 5.92 Å². The van der Waals surface area contributed by atoms with Crippen molar-refractivity contribution in [1.82, 2.24) is 15.5 Å². The summed E-state index contributed by atoms with van der Waals surface area (Å²) in [5, 5.41) is 5.87. The van der Waals surface area contributed by atoms with E-state index in [1.807, 2.05) is 65.8 Å². The summed E-state index contributed by atoms with van der Waals surface area (Å²) in [5.74, 6) is -0.719. The highest BCUT2D eigenvalue weighted by molar-refractivity contribution is 5.92. The topological polar surface area (TPSA) is 87.7 Å². The van der Waals surface area contributed by atoms with Crippen LogP contribution < -0.4 is 10.6 Å². The summed E-state index contributed by atoms with van der Waals surface area (Å²) in [6, 6.07) is 6.03. The number of hydrogen-bond acceptors (Lipinski definition) is 4. The van der Waals surface area contributed by atoms with Crippen LogP contribution in [0.5, 0.6) is 0 Å². The molecule has 3 amide bonds. The molecular weight excluding hydrogens is 466 g/mol. The van der Waals surface area contributed by atoms with Crippen LogP contribution in [0, 0.1) is 12.8 Å². The Kier molecular flexibility index (Phi) is 12.6. The van der Waals surface area contributed by atoms with Crippen LogP contribution in [0.4, 0.5) is 4.79 Å². The molecule has 0 aliphatic carbocycles. The first kappa shape index (κ1) is 32.5. The molecule has 1 aromatic rings. The minimum absolute atomic E-state index is 0.203. The second-order valence-electron chi connectivity index (χ2n) is 12.3. The molecule has 2 unspecified atom stereocenters. The van der Waals surface area contributed by atoms with E-state index in [0.29, 0.717) is 6.54 Å². The molecule has 1 aromatic carbocycles. The van der Waals surface area contributed by atoms with E-state index < -0.39 is 29.3 Å². The van der Waals surface area contributed by atoms with Gasteiger partial charge in [-0.25, -0.2) is 4.79 Å². The average Bonchev–Trinajstić information content (AvgIpc) is 2.74. The van der Waals surface area contributed by atoms with Crippen molar-refractivity contribution in [1.29, 1.82) is 0 Å². The van der Waals surface area contributed by atoms with Gasteiger partial charge >= 0.3 is 6.09 Å². The lowest BCUT2D eigenvalue weighted by molar-refractivity contribution is -0.144. The fourth-order valence-electron chi connectivity index (χ4n) is 4.16. The first-order chi connectivity index (χ1) is 17.1. The van der Waals surface area contributed by atoms with Gasteiger partial charge in [0.25, 0.3) is 0 Å². The Bertz CT molecular complexity index is 884. The number of ether oxygens (including phenoxy) is 1. The number of nitrogens with zero attached hydrogens (tertiary/aromatic N) is 1. The summed E-state index contributed by atoms with van der Waals surface area (Å²) in [4.78, 5) is 42.3. The molecule has 0 aliphatic rings. The summed E-state index contributed by atoms with van der Waals surface area (Å²) < 4.78 is 5.45. The maximum atomic E-state index is 14.2. The highest BCUT2D eigenvalue weighted by Gasteiger charge is 2.38. The molecule has 210 valence electrons. The number of rotatable bonds is 12. The fourth-order valence-corrected chi connectivity index (χ4v) is 4.16. The van der Waals surface area contributed by atoms with E-state index in [1.54, 1.807) is 25.7 Å². The van der Waals surface area contributed by atoms with Crippen molar-refractivity contribution in [3.05, 3.63) is 35.4 Å². The molecule has 0 aliphatic heterocycles.